The molecule has 8 heteroatoms. The first-order chi connectivity index (χ1) is 9.18. The van der Waals surface area contributed by atoms with Crippen molar-refractivity contribution in [3.63, 3.8) is 0 Å². The number of ether oxygens (including phenoxy) is 1. The molecule has 0 radical (unpaired) electrons. The summed E-state index contributed by atoms with van der Waals surface area (Å²) in [6, 6.07) is 1.21. The third-order valence-corrected chi connectivity index (χ3v) is 2.45. The molecule has 0 aromatic heterocycles. The number of halogens is 4. The zero-order valence-electron chi connectivity index (χ0n) is 10.5. The molecule has 0 saturated carbocycles. The van der Waals surface area contributed by atoms with Gasteiger partial charge in [0.1, 0.15) is 11.9 Å². The van der Waals surface area contributed by atoms with Crippen LogP contribution in [0.2, 0.25) is 0 Å². The summed E-state index contributed by atoms with van der Waals surface area (Å²) in [7, 11) is 1.08. The van der Waals surface area contributed by atoms with E-state index in [0.717, 1.165) is 19.2 Å². The summed E-state index contributed by atoms with van der Waals surface area (Å²) in [5.74, 6) is -3.62. The highest BCUT2D eigenvalue weighted by molar-refractivity contribution is 5.97. The van der Waals surface area contributed by atoms with Gasteiger partial charge in [0.05, 0.1) is 18.2 Å². The fraction of sp³-hybridized carbons (Fsp3) is 0.333. The Balaban J connectivity index is 3.03. The fourth-order valence-corrected chi connectivity index (χ4v) is 1.44. The largest absolute Gasteiger partial charge is 0.467 e. The van der Waals surface area contributed by atoms with Gasteiger partial charge in [0.15, 0.2) is 0 Å². The second-order valence-electron chi connectivity index (χ2n) is 3.88. The Bertz CT molecular complexity index is 528. The first-order valence-corrected chi connectivity index (χ1v) is 5.43. The molecular weight excluding hydrogens is 282 g/mol. The van der Waals surface area contributed by atoms with Crippen LogP contribution in [0.3, 0.4) is 0 Å². The number of nitrogens with one attached hydrogen (secondary N) is 1. The van der Waals surface area contributed by atoms with E-state index in [1.807, 2.05) is 5.32 Å². The maximum Gasteiger partial charge on any atom is 0.419 e. The van der Waals surface area contributed by atoms with Crippen molar-refractivity contribution in [2.24, 2.45) is 0 Å². The van der Waals surface area contributed by atoms with Crippen molar-refractivity contribution < 1.29 is 31.9 Å². The number of carbonyl (C=O) groups excluding carboxylic acids is 2. The minimum Gasteiger partial charge on any atom is -0.467 e. The van der Waals surface area contributed by atoms with Crippen LogP contribution in [0.15, 0.2) is 18.2 Å². The van der Waals surface area contributed by atoms with E-state index in [4.69, 9.17) is 0 Å². The van der Waals surface area contributed by atoms with Gasteiger partial charge < -0.3 is 10.1 Å². The third-order valence-electron chi connectivity index (χ3n) is 2.45. The van der Waals surface area contributed by atoms with E-state index in [9.17, 15) is 27.2 Å². The van der Waals surface area contributed by atoms with E-state index in [1.165, 1.54) is 6.92 Å². The Morgan fingerprint density at radius 3 is 2.40 bits per heavy atom. The molecule has 0 bridgehead atoms. The number of methoxy groups -OCH3 is 1. The van der Waals surface area contributed by atoms with E-state index >= 15 is 0 Å². The van der Waals surface area contributed by atoms with Crippen molar-refractivity contribution in [1.29, 1.82) is 0 Å². The molecule has 0 aliphatic carbocycles. The van der Waals surface area contributed by atoms with Gasteiger partial charge in [-0.1, -0.05) is 6.07 Å². The molecule has 0 spiro atoms. The molecule has 20 heavy (non-hydrogen) atoms. The predicted octanol–water partition coefficient (Wildman–Crippen LogP) is 2.14. The highest BCUT2D eigenvalue weighted by Crippen LogP contribution is 2.32. The molecule has 0 unspecified atom stereocenters. The van der Waals surface area contributed by atoms with Crippen LogP contribution in [0.5, 0.6) is 0 Å². The zero-order valence-corrected chi connectivity index (χ0v) is 10.5. The quantitative estimate of drug-likeness (QED) is 0.686. The number of rotatable bonds is 3. The summed E-state index contributed by atoms with van der Waals surface area (Å²) in [6.07, 6.45) is -4.91. The number of hydrogen-bond acceptors (Lipinski definition) is 3. The van der Waals surface area contributed by atoms with Crippen LogP contribution >= 0.6 is 0 Å². The Labute approximate surface area is 111 Å². The van der Waals surface area contributed by atoms with Crippen LogP contribution < -0.4 is 5.32 Å². The van der Waals surface area contributed by atoms with Crippen molar-refractivity contribution in [2.45, 2.75) is 19.1 Å². The molecular formula is C12H11F4NO3. The van der Waals surface area contributed by atoms with Gasteiger partial charge in [0.2, 0.25) is 0 Å². The van der Waals surface area contributed by atoms with E-state index < -0.39 is 41.0 Å². The summed E-state index contributed by atoms with van der Waals surface area (Å²) in [6.45, 7) is 1.26. The number of alkyl halides is 3. The summed E-state index contributed by atoms with van der Waals surface area (Å²) >= 11 is 0. The summed E-state index contributed by atoms with van der Waals surface area (Å²) in [5.41, 5.74) is -2.34. The summed E-state index contributed by atoms with van der Waals surface area (Å²) < 4.78 is 55.5. The molecule has 1 aromatic rings. The number of amides is 1. The van der Waals surface area contributed by atoms with Crippen LogP contribution in [0.1, 0.15) is 22.8 Å². The molecule has 0 aliphatic rings. The molecule has 0 fully saturated rings. The molecule has 1 aromatic carbocycles. The standard InChI is InChI=1S/C12H11F4NO3/c1-6(11(19)20-2)17-10(18)7-4-3-5-8(9(7)13)12(14,15)16/h3-6H,1-2H3,(H,17,18)/t6-/m0/s1. The molecule has 1 atom stereocenters. The van der Waals surface area contributed by atoms with Gasteiger partial charge in [0, 0.05) is 0 Å². The fourth-order valence-electron chi connectivity index (χ4n) is 1.44. The average molecular weight is 293 g/mol. The normalized spacial score (nSPS) is 12.7. The maximum atomic E-state index is 13.7. The lowest BCUT2D eigenvalue weighted by atomic mass is 10.1. The SMILES string of the molecule is COC(=O)[C@H](C)NC(=O)c1cccc(C(F)(F)F)c1F. The lowest BCUT2D eigenvalue weighted by Gasteiger charge is -2.14. The second kappa shape index (κ2) is 5.89. The molecule has 0 aliphatic heterocycles. The monoisotopic (exact) mass is 293 g/mol. The minimum atomic E-state index is -4.91. The van der Waals surface area contributed by atoms with Crippen molar-refractivity contribution in [3.8, 4) is 0 Å². The van der Waals surface area contributed by atoms with Gasteiger partial charge in [-0.05, 0) is 19.1 Å². The Hall–Kier alpha value is -2.12. The van der Waals surface area contributed by atoms with Crippen LogP contribution in [-0.4, -0.2) is 25.0 Å². The molecule has 0 saturated heterocycles. The van der Waals surface area contributed by atoms with E-state index in [1.54, 1.807) is 0 Å². The molecule has 1 amide bonds. The first kappa shape index (κ1) is 15.9. The summed E-state index contributed by atoms with van der Waals surface area (Å²) in [4.78, 5) is 22.7. The summed E-state index contributed by atoms with van der Waals surface area (Å²) in [5, 5.41) is 2.05. The van der Waals surface area contributed by atoms with Gasteiger partial charge in [-0.25, -0.2) is 9.18 Å². The van der Waals surface area contributed by atoms with Gasteiger partial charge in [-0.15, -0.1) is 0 Å². The third kappa shape index (κ3) is 3.46. The molecule has 4 nitrogen and oxygen atoms in total. The number of benzene rings is 1. The molecule has 1 rings (SSSR count). The lowest BCUT2D eigenvalue weighted by Crippen LogP contribution is -2.39. The zero-order chi connectivity index (χ0) is 15.5. The molecule has 110 valence electrons. The number of carbonyl (C=O) groups is 2. The minimum absolute atomic E-state index is 0.524. The second-order valence-corrected chi connectivity index (χ2v) is 3.88. The predicted molar refractivity (Wildman–Crippen MR) is 60.3 cm³/mol. The highest BCUT2D eigenvalue weighted by Gasteiger charge is 2.35. The van der Waals surface area contributed by atoms with Crippen molar-refractivity contribution in [2.75, 3.05) is 7.11 Å². The average Bonchev–Trinajstić information content (AvgIpc) is 2.36. The van der Waals surface area contributed by atoms with E-state index in [-0.39, 0.29) is 0 Å². The molecule has 0 heterocycles. The molecule has 1 N–H and O–H groups in total. The van der Waals surface area contributed by atoms with Gasteiger partial charge in [-0.3, -0.25) is 4.79 Å². The van der Waals surface area contributed by atoms with Crippen molar-refractivity contribution >= 4 is 11.9 Å². The van der Waals surface area contributed by atoms with Crippen LogP contribution in [0, 0.1) is 5.82 Å². The number of hydrogen-bond donors (Lipinski definition) is 1. The van der Waals surface area contributed by atoms with Gasteiger partial charge >= 0.3 is 12.1 Å². The topological polar surface area (TPSA) is 55.4 Å². The maximum absolute atomic E-state index is 13.7. The Morgan fingerprint density at radius 2 is 1.90 bits per heavy atom. The van der Waals surface area contributed by atoms with Crippen LogP contribution in [0.4, 0.5) is 17.6 Å². The van der Waals surface area contributed by atoms with E-state index in [2.05, 4.69) is 4.74 Å². The highest BCUT2D eigenvalue weighted by atomic mass is 19.4. The van der Waals surface area contributed by atoms with Crippen molar-refractivity contribution in [3.05, 3.63) is 35.1 Å². The number of esters is 1. The Morgan fingerprint density at radius 1 is 1.30 bits per heavy atom. The van der Waals surface area contributed by atoms with Crippen LogP contribution in [-0.2, 0) is 15.7 Å². The Kier molecular flexibility index (Phi) is 4.69. The van der Waals surface area contributed by atoms with Gasteiger partial charge in [-0.2, -0.15) is 13.2 Å². The first-order valence-electron chi connectivity index (χ1n) is 5.43. The van der Waals surface area contributed by atoms with E-state index in [0.29, 0.717) is 6.07 Å². The van der Waals surface area contributed by atoms with Gasteiger partial charge in [0.25, 0.3) is 5.91 Å². The van der Waals surface area contributed by atoms with Crippen molar-refractivity contribution in [1.82, 2.24) is 5.32 Å². The lowest BCUT2D eigenvalue weighted by molar-refractivity contribution is -0.142. The smallest absolute Gasteiger partial charge is 0.419 e. The van der Waals surface area contributed by atoms with Crippen LogP contribution in [0.25, 0.3) is 0 Å².